The Morgan fingerprint density at radius 1 is 1.27 bits per heavy atom. The van der Waals surface area contributed by atoms with Crippen LogP contribution < -0.4 is 9.62 Å². The molecule has 2 aromatic carbocycles. The minimum atomic E-state index is -2.60. The summed E-state index contributed by atoms with van der Waals surface area (Å²) >= 11 is 3.43. The Morgan fingerprint density at radius 2 is 1.93 bits per heavy atom. The molecule has 2 amide bonds. The molecular weight excluding hydrogens is 428 g/mol. The van der Waals surface area contributed by atoms with Crippen molar-refractivity contribution in [1.29, 1.82) is 0 Å². The zero-order valence-electron chi connectivity index (χ0n) is 16.6. The summed E-state index contributed by atoms with van der Waals surface area (Å²) in [6.07, 6.45) is 1.90. The first-order valence-electron chi connectivity index (χ1n) is 9.15. The predicted molar refractivity (Wildman–Crippen MR) is 117 cm³/mol. The topological polar surface area (TPSA) is 105 Å². The van der Waals surface area contributed by atoms with Gasteiger partial charge in [-0.3, -0.25) is 9.35 Å². The van der Waals surface area contributed by atoms with Crippen LogP contribution in [0.4, 0.5) is 10.5 Å². The van der Waals surface area contributed by atoms with Crippen molar-refractivity contribution >= 4 is 51.3 Å². The first kappa shape index (κ1) is 21.9. The average Bonchev–Trinajstić information content (AvgIpc) is 3.15. The number of Topliss-reactive ketones (excluding diaryl/α,β-unsaturated/α-hetero) is 1. The largest absolute Gasteiger partial charge is 0.340 e. The van der Waals surface area contributed by atoms with E-state index in [0.29, 0.717) is 27.9 Å². The molecule has 0 aliphatic carbocycles. The number of carbonyl (C=O) groups is 2. The summed E-state index contributed by atoms with van der Waals surface area (Å²) in [4.78, 5) is 25.1. The van der Waals surface area contributed by atoms with Crippen molar-refractivity contribution in [3.05, 3.63) is 59.2 Å². The highest BCUT2D eigenvalue weighted by Crippen LogP contribution is 2.37. The number of fused-ring (bicyclic) bond motifs is 1. The van der Waals surface area contributed by atoms with Crippen molar-refractivity contribution in [3.8, 4) is 0 Å². The highest BCUT2D eigenvalue weighted by molar-refractivity contribution is 7.81. The van der Waals surface area contributed by atoms with E-state index in [1.54, 1.807) is 47.1 Å². The zero-order valence-corrected chi connectivity index (χ0v) is 18.2. The standard InChI is InChI=1S/C20H21ClN4O4S/c1-4-20(13(2)26,14-8-10-15(21)11-9-14)25-18-7-5-6-17(16(18)12-23-25)24(30(28)29)19(27)22-3/h5-12H,4H2,1-3H3,(H,22,27)(H,28,29). The smallest absolute Gasteiger partial charge is 0.335 e. The number of aromatic nitrogens is 2. The fourth-order valence-electron chi connectivity index (χ4n) is 3.69. The third-order valence-electron chi connectivity index (χ3n) is 5.14. The lowest BCUT2D eigenvalue weighted by Gasteiger charge is -2.32. The lowest BCUT2D eigenvalue weighted by molar-refractivity contribution is -0.124. The highest BCUT2D eigenvalue weighted by atomic mass is 35.5. The Balaban J connectivity index is 2.30. The number of nitrogens with zero attached hydrogens (tertiary/aromatic N) is 3. The fourth-order valence-corrected chi connectivity index (χ4v) is 4.37. The van der Waals surface area contributed by atoms with Crippen molar-refractivity contribution in [2.75, 3.05) is 11.4 Å². The van der Waals surface area contributed by atoms with Crippen molar-refractivity contribution in [2.24, 2.45) is 0 Å². The molecule has 2 atom stereocenters. The van der Waals surface area contributed by atoms with Gasteiger partial charge in [0.25, 0.3) is 11.3 Å². The SMILES string of the molecule is CCC(C(C)=O)(c1ccc(Cl)cc1)n1ncc2c(N(C(=O)NC)S(=O)O)cccc21. The fraction of sp³-hybridized carbons (Fsp3) is 0.250. The number of ketones is 1. The van der Waals surface area contributed by atoms with E-state index in [2.05, 4.69) is 10.4 Å². The normalized spacial score (nSPS) is 14.2. The van der Waals surface area contributed by atoms with Gasteiger partial charge in [-0.2, -0.15) is 9.40 Å². The summed E-state index contributed by atoms with van der Waals surface area (Å²) < 4.78 is 23.8. The molecule has 0 radical (unpaired) electrons. The first-order valence-corrected chi connectivity index (χ1v) is 10.6. The minimum absolute atomic E-state index is 0.128. The molecule has 3 rings (SSSR count). The molecule has 0 aliphatic rings. The summed E-state index contributed by atoms with van der Waals surface area (Å²) in [7, 11) is 1.37. The number of carbonyl (C=O) groups excluding carboxylic acids is 2. The van der Waals surface area contributed by atoms with Gasteiger partial charge in [0, 0.05) is 17.5 Å². The Morgan fingerprint density at radius 3 is 2.47 bits per heavy atom. The maximum Gasteiger partial charge on any atom is 0.335 e. The van der Waals surface area contributed by atoms with Gasteiger partial charge in [0.1, 0.15) is 5.54 Å². The van der Waals surface area contributed by atoms with Crippen LogP contribution in [0.25, 0.3) is 10.9 Å². The number of rotatable bonds is 6. The van der Waals surface area contributed by atoms with Crippen LogP contribution in [0.5, 0.6) is 0 Å². The molecule has 158 valence electrons. The van der Waals surface area contributed by atoms with Crippen LogP contribution in [0.3, 0.4) is 0 Å². The second-order valence-corrected chi connectivity index (χ2v) is 7.89. The van der Waals surface area contributed by atoms with E-state index in [1.807, 2.05) is 6.92 Å². The molecule has 2 N–H and O–H groups in total. The van der Waals surface area contributed by atoms with Gasteiger partial charge in [-0.15, -0.1) is 0 Å². The molecule has 0 fully saturated rings. The number of hydrogen-bond acceptors (Lipinski definition) is 4. The molecule has 0 aliphatic heterocycles. The summed E-state index contributed by atoms with van der Waals surface area (Å²) in [6, 6.07) is 11.2. The number of amides is 2. The van der Waals surface area contributed by atoms with E-state index in [0.717, 1.165) is 4.31 Å². The lowest BCUT2D eigenvalue weighted by atomic mass is 9.83. The van der Waals surface area contributed by atoms with Gasteiger partial charge in [-0.05, 0) is 43.2 Å². The Hall–Kier alpha value is -2.75. The van der Waals surface area contributed by atoms with Gasteiger partial charge in [0.15, 0.2) is 5.78 Å². The number of benzene rings is 2. The molecule has 0 bridgehead atoms. The Labute approximate surface area is 181 Å². The lowest BCUT2D eigenvalue weighted by Crippen LogP contribution is -2.42. The molecular formula is C20H21ClN4O4S. The van der Waals surface area contributed by atoms with E-state index in [-0.39, 0.29) is 11.5 Å². The number of halogens is 1. The molecule has 2 unspecified atom stereocenters. The quantitative estimate of drug-likeness (QED) is 0.559. The molecule has 0 spiro atoms. The van der Waals surface area contributed by atoms with Crippen LogP contribution in [-0.2, 0) is 21.6 Å². The van der Waals surface area contributed by atoms with Gasteiger partial charge in [-0.25, -0.2) is 13.7 Å². The van der Waals surface area contributed by atoms with Crippen molar-refractivity contribution in [2.45, 2.75) is 25.8 Å². The van der Waals surface area contributed by atoms with Crippen molar-refractivity contribution in [1.82, 2.24) is 15.1 Å². The molecule has 10 heteroatoms. The average molecular weight is 449 g/mol. The number of anilines is 1. The molecule has 0 saturated heterocycles. The zero-order chi connectivity index (χ0) is 22.1. The van der Waals surface area contributed by atoms with Crippen molar-refractivity contribution < 1.29 is 18.4 Å². The second-order valence-electron chi connectivity index (χ2n) is 6.62. The van der Waals surface area contributed by atoms with E-state index in [9.17, 15) is 18.4 Å². The maximum atomic E-state index is 12.9. The van der Waals surface area contributed by atoms with Crippen LogP contribution in [0, 0.1) is 0 Å². The van der Waals surface area contributed by atoms with E-state index in [4.69, 9.17) is 11.6 Å². The number of hydrogen-bond donors (Lipinski definition) is 2. The maximum absolute atomic E-state index is 12.9. The molecule has 8 nitrogen and oxygen atoms in total. The third-order valence-corrected chi connectivity index (χ3v) is 6.07. The summed E-state index contributed by atoms with van der Waals surface area (Å²) in [5.41, 5.74) is 0.343. The van der Waals surface area contributed by atoms with Gasteiger partial charge < -0.3 is 5.32 Å². The van der Waals surface area contributed by atoms with Crippen LogP contribution in [0.2, 0.25) is 5.02 Å². The third kappa shape index (κ3) is 3.49. The van der Waals surface area contributed by atoms with E-state index >= 15 is 0 Å². The van der Waals surface area contributed by atoms with Crippen LogP contribution in [0.1, 0.15) is 25.8 Å². The van der Waals surface area contributed by atoms with Crippen LogP contribution in [-0.4, -0.2) is 37.4 Å². The molecule has 1 heterocycles. The minimum Gasteiger partial charge on any atom is -0.340 e. The van der Waals surface area contributed by atoms with Crippen LogP contribution >= 0.6 is 11.6 Å². The highest BCUT2D eigenvalue weighted by Gasteiger charge is 2.40. The predicted octanol–water partition coefficient (Wildman–Crippen LogP) is 3.71. The summed E-state index contributed by atoms with van der Waals surface area (Å²) in [5.74, 6) is -0.128. The number of urea groups is 1. The first-order chi connectivity index (χ1) is 14.3. The van der Waals surface area contributed by atoms with E-state index in [1.165, 1.54) is 20.2 Å². The van der Waals surface area contributed by atoms with Crippen LogP contribution in [0.15, 0.2) is 48.7 Å². The van der Waals surface area contributed by atoms with Gasteiger partial charge in [-0.1, -0.05) is 36.7 Å². The Kier molecular flexibility index (Phi) is 6.25. The van der Waals surface area contributed by atoms with Gasteiger partial charge in [0.05, 0.1) is 17.4 Å². The molecule has 0 saturated carbocycles. The van der Waals surface area contributed by atoms with Crippen molar-refractivity contribution in [3.63, 3.8) is 0 Å². The van der Waals surface area contributed by atoms with Gasteiger partial charge in [0.2, 0.25) is 0 Å². The molecule has 1 aromatic heterocycles. The number of nitrogens with one attached hydrogen (secondary N) is 1. The Bertz CT molecular complexity index is 1130. The second kappa shape index (κ2) is 8.55. The van der Waals surface area contributed by atoms with E-state index < -0.39 is 22.8 Å². The summed E-state index contributed by atoms with van der Waals surface area (Å²) in [5, 5.41) is 7.82. The molecule has 30 heavy (non-hydrogen) atoms. The monoisotopic (exact) mass is 448 g/mol. The summed E-state index contributed by atoms with van der Waals surface area (Å²) in [6.45, 7) is 3.38. The van der Waals surface area contributed by atoms with Gasteiger partial charge >= 0.3 is 6.03 Å². The molecule has 3 aromatic rings.